The van der Waals surface area contributed by atoms with E-state index in [0.717, 1.165) is 12.8 Å². The number of nitrogens with one attached hydrogen (secondary N) is 2. The fourth-order valence-corrected chi connectivity index (χ4v) is 2.45. The normalized spacial score (nSPS) is 16.8. The van der Waals surface area contributed by atoms with Gasteiger partial charge >= 0.3 is 0 Å². The Morgan fingerprint density at radius 2 is 1.88 bits per heavy atom. The maximum absolute atomic E-state index is 12.1. The first-order chi connectivity index (χ1) is 11.7. The number of carbonyl (C=O) groups is 2. The fraction of sp³-hybridized carbons (Fsp3) is 0.294. The molecule has 1 unspecified atom stereocenters. The van der Waals surface area contributed by atoms with Gasteiger partial charge in [0.1, 0.15) is 18.1 Å². The highest BCUT2D eigenvalue weighted by molar-refractivity contribution is 6.04. The summed E-state index contributed by atoms with van der Waals surface area (Å²) >= 11 is 0. The summed E-state index contributed by atoms with van der Waals surface area (Å²) in [5.41, 5.74) is 7.13. The van der Waals surface area contributed by atoms with Crippen molar-refractivity contribution < 1.29 is 18.7 Å². The average molecular weight is 329 g/mol. The Kier molecular flexibility index (Phi) is 4.93. The number of benzene rings is 1. The molecule has 2 amide bonds. The summed E-state index contributed by atoms with van der Waals surface area (Å²) in [5.74, 6) is 0.124. The highest BCUT2D eigenvalue weighted by Gasteiger charge is 2.23. The second kappa shape index (κ2) is 7.29. The number of hydrogen-bond acceptors (Lipinski definition) is 5. The summed E-state index contributed by atoms with van der Waals surface area (Å²) in [5, 5.41) is 5.56. The van der Waals surface area contributed by atoms with E-state index in [1.165, 1.54) is 6.26 Å². The maximum Gasteiger partial charge on any atom is 0.258 e. The standard InChI is InChI=1S/C17H19N3O4/c18-9-14-8-11(10-24-14)16(21)19-12-3-5-13(6-4-12)20-17(22)15-2-1-7-23-15/h3-6,8,10,15H,1-2,7,9,18H2,(H,19,21)(H,20,22). The maximum atomic E-state index is 12.1. The van der Waals surface area contributed by atoms with E-state index in [4.69, 9.17) is 14.9 Å². The lowest BCUT2D eigenvalue weighted by molar-refractivity contribution is -0.124. The summed E-state index contributed by atoms with van der Waals surface area (Å²) < 4.78 is 10.5. The summed E-state index contributed by atoms with van der Waals surface area (Å²) in [6.45, 7) is 0.870. The van der Waals surface area contributed by atoms with Crippen molar-refractivity contribution in [3.8, 4) is 0 Å². The molecule has 7 heteroatoms. The van der Waals surface area contributed by atoms with E-state index in [-0.39, 0.29) is 24.5 Å². The molecule has 7 nitrogen and oxygen atoms in total. The lowest BCUT2D eigenvalue weighted by Crippen LogP contribution is -2.26. The number of hydrogen-bond donors (Lipinski definition) is 3. The zero-order chi connectivity index (χ0) is 16.9. The highest BCUT2D eigenvalue weighted by Crippen LogP contribution is 2.18. The Morgan fingerprint density at radius 3 is 2.46 bits per heavy atom. The Balaban J connectivity index is 1.57. The third-order valence-electron chi connectivity index (χ3n) is 3.75. The molecule has 0 bridgehead atoms. The van der Waals surface area contributed by atoms with E-state index >= 15 is 0 Å². The zero-order valence-corrected chi connectivity index (χ0v) is 13.1. The molecule has 1 aliphatic rings. The number of rotatable bonds is 5. The zero-order valence-electron chi connectivity index (χ0n) is 13.1. The fourth-order valence-electron chi connectivity index (χ4n) is 2.45. The van der Waals surface area contributed by atoms with Gasteiger partial charge in [-0.25, -0.2) is 0 Å². The van der Waals surface area contributed by atoms with E-state index < -0.39 is 0 Å². The molecule has 126 valence electrons. The van der Waals surface area contributed by atoms with Crippen LogP contribution in [-0.4, -0.2) is 24.5 Å². The van der Waals surface area contributed by atoms with Gasteiger partial charge < -0.3 is 25.5 Å². The minimum atomic E-state index is -0.373. The van der Waals surface area contributed by atoms with Crippen LogP contribution < -0.4 is 16.4 Å². The van der Waals surface area contributed by atoms with Crippen LogP contribution in [0.1, 0.15) is 29.0 Å². The van der Waals surface area contributed by atoms with Crippen LogP contribution in [0, 0.1) is 0 Å². The molecule has 0 saturated carbocycles. The second-order valence-electron chi connectivity index (χ2n) is 5.53. The SMILES string of the molecule is NCc1cc(C(=O)Nc2ccc(NC(=O)C3CCCO3)cc2)co1. The third-order valence-corrected chi connectivity index (χ3v) is 3.75. The summed E-state index contributed by atoms with van der Waals surface area (Å²) in [6.07, 6.45) is 2.65. The topological polar surface area (TPSA) is 107 Å². The monoisotopic (exact) mass is 329 g/mol. The van der Waals surface area contributed by atoms with Crippen molar-refractivity contribution in [3.05, 3.63) is 47.9 Å². The Bertz CT molecular complexity index is 718. The van der Waals surface area contributed by atoms with Crippen molar-refractivity contribution >= 4 is 23.2 Å². The van der Waals surface area contributed by atoms with Crippen LogP contribution in [-0.2, 0) is 16.1 Å². The number of nitrogens with two attached hydrogens (primary N) is 1. The lowest BCUT2D eigenvalue weighted by Gasteiger charge is -2.11. The van der Waals surface area contributed by atoms with Gasteiger partial charge in [0.15, 0.2) is 0 Å². The first-order valence-electron chi connectivity index (χ1n) is 7.77. The van der Waals surface area contributed by atoms with Gasteiger partial charge in [-0.15, -0.1) is 0 Å². The highest BCUT2D eigenvalue weighted by atomic mass is 16.5. The smallest absolute Gasteiger partial charge is 0.258 e. The Morgan fingerprint density at radius 1 is 1.17 bits per heavy atom. The van der Waals surface area contributed by atoms with Crippen molar-refractivity contribution in [2.24, 2.45) is 5.73 Å². The van der Waals surface area contributed by atoms with Gasteiger partial charge in [-0.1, -0.05) is 0 Å². The molecule has 1 saturated heterocycles. The largest absolute Gasteiger partial charge is 0.467 e. The van der Waals surface area contributed by atoms with Crippen molar-refractivity contribution in [2.75, 3.05) is 17.2 Å². The molecular formula is C17H19N3O4. The molecule has 1 aliphatic heterocycles. The molecule has 4 N–H and O–H groups in total. The van der Waals surface area contributed by atoms with E-state index in [1.807, 2.05) is 0 Å². The van der Waals surface area contributed by atoms with Crippen LogP contribution >= 0.6 is 0 Å². The number of furan rings is 1. The summed E-state index contributed by atoms with van der Waals surface area (Å²) in [4.78, 5) is 24.0. The van der Waals surface area contributed by atoms with E-state index in [9.17, 15) is 9.59 Å². The first-order valence-corrected chi connectivity index (χ1v) is 7.77. The van der Waals surface area contributed by atoms with Gasteiger partial charge in [0.25, 0.3) is 11.8 Å². The molecule has 24 heavy (non-hydrogen) atoms. The molecule has 3 rings (SSSR count). The van der Waals surface area contributed by atoms with Crippen LogP contribution in [0.15, 0.2) is 41.0 Å². The van der Waals surface area contributed by atoms with Crippen LogP contribution in [0.4, 0.5) is 11.4 Å². The van der Waals surface area contributed by atoms with E-state index in [0.29, 0.717) is 29.3 Å². The quantitative estimate of drug-likeness (QED) is 0.779. The number of amides is 2. The third kappa shape index (κ3) is 3.81. The molecular weight excluding hydrogens is 310 g/mol. The van der Waals surface area contributed by atoms with Gasteiger partial charge in [-0.05, 0) is 43.2 Å². The average Bonchev–Trinajstić information content (AvgIpc) is 3.28. The van der Waals surface area contributed by atoms with Crippen molar-refractivity contribution in [1.82, 2.24) is 0 Å². The summed E-state index contributed by atoms with van der Waals surface area (Å²) in [6, 6.07) is 8.48. The number of anilines is 2. The van der Waals surface area contributed by atoms with Crippen LogP contribution in [0.3, 0.4) is 0 Å². The minimum Gasteiger partial charge on any atom is -0.467 e. The first kappa shape index (κ1) is 16.2. The minimum absolute atomic E-state index is 0.142. The Hall–Kier alpha value is -2.64. The molecule has 0 radical (unpaired) electrons. The molecule has 2 heterocycles. The van der Waals surface area contributed by atoms with Crippen molar-refractivity contribution in [1.29, 1.82) is 0 Å². The van der Waals surface area contributed by atoms with Crippen LogP contribution in [0.25, 0.3) is 0 Å². The van der Waals surface area contributed by atoms with E-state index in [1.54, 1.807) is 30.3 Å². The van der Waals surface area contributed by atoms with Gasteiger partial charge in [0, 0.05) is 18.0 Å². The lowest BCUT2D eigenvalue weighted by atomic mass is 10.2. The molecule has 1 fully saturated rings. The van der Waals surface area contributed by atoms with Gasteiger partial charge in [0.05, 0.1) is 12.1 Å². The van der Waals surface area contributed by atoms with Gasteiger partial charge in [-0.2, -0.15) is 0 Å². The van der Waals surface area contributed by atoms with Gasteiger partial charge in [0.2, 0.25) is 0 Å². The van der Waals surface area contributed by atoms with E-state index in [2.05, 4.69) is 10.6 Å². The molecule has 0 spiro atoms. The van der Waals surface area contributed by atoms with Crippen molar-refractivity contribution in [2.45, 2.75) is 25.5 Å². The molecule has 1 aromatic carbocycles. The molecule has 0 aliphatic carbocycles. The predicted molar refractivity (Wildman–Crippen MR) is 88.6 cm³/mol. The second-order valence-corrected chi connectivity index (χ2v) is 5.53. The summed E-state index contributed by atoms with van der Waals surface area (Å²) in [7, 11) is 0. The molecule has 1 atom stereocenters. The molecule has 1 aromatic heterocycles. The van der Waals surface area contributed by atoms with Crippen LogP contribution in [0.2, 0.25) is 0 Å². The Labute approximate surface area is 139 Å². The van der Waals surface area contributed by atoms with Crippen LogP contribution in [0.5, 0.6) is 0 Å². The van der Waals surface area contributed by atoms with Crippen molar-refractivity contribution in [3.63, 3.8) is 0 Å². The van der Waals surface area contributed by atoms with Gasteiger partial charge in [-0.3, -0.25) is 9.59 Å². The number of ether oxygens (including phenoxy) is 1. The number of carbonyl (C=O) groups excluding carboxylic acids is 2. The predicted octanol–water partition coefficient (Wildman–Crippen LogP) is 2.11. The molecule has 2 aromatic rings.